The van der Waals surface area contributed by atoms with Gasteiger partial charge in [0.05, 0.1) is 24.8 Å². The van der Waals surface area contributed by atoms with Crippen molar-refractivity contribution in [3.05, 3.63) is 77.4 Å². The van der Waals surface area contributed by atoms with Gasteiger partial charge < -0.3 is 14.2 Å². The molecule has 0 saturated heterocycles. The molecule has 0 aliphatic carbocycles. The third-order valence-electron chi connectivity index (χ3n) is 6.56. The standard InChI is InChI=1S/C28H29F3N2O5/c1-4-36-26(34)32-33(27(35)37-5-2)17(3)24-16-23(19-10-13-20(14-11-19)28(29,30)31)22-15-12-18-8-6-7-9-21(18)25(22)38-24/h6-15,17,23-24H,4-5,16H2,1-3H3,(H,32,34)/t17?,23-,24+/m0/s1. The molecule has 1 heterocycles. The molecule has 1 N–H and O–H groups in total. The number of hydrazine groups is 1. The number of nitrogens with one attached hydrogen (secondary N) is 1. The molecule has 0 bridgehead atoms. The summed E-state index contributed by atoms with van der Waals surface area (Å²) in [6, 6.07) is 15.8. The van der Waals surface area contributed by atoms with E-state index in [9.17, 15) is 22.8 Å². The van der Waals surface area contributed by atoms with Gasteiger partial charge >= 0.3 is 18.4 Å². The average molecular weight is 531 g/mol. The van der Waals surface area contributed by atoms with Crippen LogP contribution in [0.3, 0.4) is 0 Å². The molecule has 0 radical (unpaired) electrons. The SMILES string of the molecule is CCOC(=O)NN(C(=O)OCC)C(C)[C@H]1C[C@@H](c2ccc(C(F)(F)F)cc2)c2ccc3ccccc3c2O1. The van der Waals surface area contributed by atoms with Crippen LogP contribution in [0.2, 0.25) is 0 Å². The molecule has 1 unspecified atom stereocenters. The van der Waals surface area contributed by atoms with Crippen molar-refractivity contribution in [3.8, 4) is 5.75 Å². The van der Waals surface area contributed by atoms with E-state index in [0.29, 0.717) is 17.7 Å². The van der Waals surface area contributed by atoms with Gasteiger partial charge in [0.1, 0.15) is 11.9 Å². The quantitative estimate of drug-likeness (QED) is 0.374. The summed E-state index contributed by atoms with van der Waals surface area (Å²) in [7, 11) is 0. The van der Waals surface area contributed by atoms with Gasteiger partial charge in [-0.3, -0.25) is 0 Å². The zero-order chi connectivity index (χ0) is 27.4. The van der Waals surface area contributed by atoms with Gasteiger partial charge in [-0.05, 0) is 50.3 Å². The number of carbonyl (C=O) groups is 2. The molecule has 202 valence electrons. The Morgan fingerprint density at radius 2 is 1.71 bits per heavy atom. The summed E-state index contributed by atoms with van der Waals surface area (Å²) in [4.78, 5) is 25.0. The average Bonchev–Trinajstić information content (AvgIpc) is 2.90. The maximum Gasteiger partial charge on any atom is 0.429 e. The van der Waals surface area contributed by atoms with Gasteiger partial charge in [-0.2, -0.15) is 13.2 Å². The van der Waals surface area contributed by atoms with Gasteiger partial charge in [0, 0.05) is 16.9 Å². The maximum absolute atomic E-state index is 13.2. The molecular weight excluding hydrogens is 501 g/mol. The molecule has 0 aromatic heterocycles. The summed E-state index contributed by atoms with van der Waals surface area (Å²) < 4.78 is 56.2. The van der Waals surface area contributed by atoms with Crippen molar-refractivity contribution in [3.63, 3.8) is 0 Å². The number of fused-ring (bicyclic) bond motifs is 3. The van der Waals surface area contributed by atoms with Crippen molar-refractivity contribution in [2.75, 3.05) is 13.2 Å². The molecule has 10 heteroatoms. The van der Waals surface area contributed by atoms with Crippen LogP contribution < -0.4 is 10.2 Å². The first kappa shape index (κ1) is 27.1. The molecule has 1 aliphatic rings. The molecule has 7 nitrogen and oxygen atoms in total. The minimum absolute atomic E-state index is 0.0831. The molecule has 0 saturated carbocycles. The molecule has 3 aromatic carbocycles. The zero-order valence-corrected chi connectivity index (χ0v) is 21.2. The number of amides is 2. The third kappa shape index (κ3) is 5.64. The number of halogens is 3. The molecule has 3 atom stereocenters. The van der Waals surface area contributed by atoms with Crippen LogP contribution in [0.25, 0.3) is 10.8 Å². The van der Waals surface area contributed by atoms with Crippen molar-refractivity contribution in [2.24, 2.45) is 0 Å². The first-order valence-corrected chi connectivity index (χ1v) is 12.4. The summed E-state index contributed by atoms with van der Waals surface area (Å²) >= 11 is 0. The lowest BCUT2D eigenvalue weighted by molar-refractivity contribution is -0.137. The number of hydrogen-bond acceptors (Lipinski definition) is 5. The van der Waals surface area contributed by atoms with E-state index in [-0.39, 0.29) is 19.1 Å². The minimum atomic E-state index is -4.45. The van der Waals surface area contributed by atoms with E-state index in [0.717, 1.165) is 33.5 Å². The fraction of sp³-hybridized carbons (Fsp3) is 0.357. The monoisotopic (exact) mass is 530 g/mol. The lowest BCUT2D eigenvalue weighted by atomic mass is 9.81. The van der Waals surface area contributed by atoms with Crippen molar-refractivity contribution >= 4 is 23.0 Å². The number of alkyl halides is 3. The normalized spacial score (nSPS) is 17.6. The second-order valence-corrected chi connectivity index (χ2v) is 8.91. The fourth-order valence-electron chi connectivity index (χ4n) is 4.67. The highest BCUT2D eigenvalue weighted by Crippen LogP contribution is 2.45. The summed E-state index contributed by atoms with van der Waals surface area (Å²) in [5.74, 6) is 0.251. The number of ether oxygens (including phenoxy) is 3. The zero-order valence-electron chi connectivity index (χ0n) is 21.2. The Morgan fingerprint density at radius 1 is 1.03 bits per heavy atom. The van der Waals surface area contributed by atoms with Crippen LogP contribution in [-0.4, -0.2) is 42.6 Å². The lowest BCUT2D eigenvalue weighted by Crippen LogP contribution is -2.57. The first-order valence-electron chi connectivity index (χ1n) is 12.4. The summed E-state index contributed by atoms with van der Waals surface area (Å²) in [6.45, 7) is 5.17. The molecule has 4 rings (SSSR count). The number of nitrogens with zero attached hydrogens (tertiary/aromatic N) is 1. The van der Waals surface area contributed by atoms with Gasteiger partial charge in [0.2, 0.25) is 0 Å². The van der Waals surface area contributed by atoms with E-state index in [1.54, 1.807) is 20.8 Å². The molecular formula is C28H29F3N2O5. The van der Waals surface area contributed by atoms with Crippen molar-refractivity contribution in [1.82, 2.24) is 10.4 Å². The molecule has 3 aromatic rings. The lowest BCUT2D eigenvalue weighted by Gasteiger charge is -2.39. The van der Waals surface area contributed by atoms with Crippen LogP contribution in [0.5, 0.6) is 5.75 Å². The van der Waals surface area contributed by atoms with Crippen LogP contribution in [0.4, 0.5) is 22.8 Å². The van der Waals surface area contributed by atoms with E-state index >= 15 is 0 Å². The Labute approximate surface area is 218 Å². The Kier molecular flexibility index (Phi) is 7.99. The van der Waals surface area contributed by atoms with Crippen LogP contribution in [0.1, 0.15) is 49.8 Å². The highest BCUT2D eigenvalue weighted by molar-refractivity contribution is 5.90. The smallest absolute Gasteiger partial charge is 0.429 e. The number of benzene rings is 3. The summed E-state index contributed by atoms with van der Waals surface area (Å²) in [5, 5.41) is 2.80. The molecule has 38 heavy (non-hydrogen) atoms. The highest BCUT2D eigenvalue weighted by Gasteiger charge is 2.39. The van der Waals surface area contributed by atoms with E-state index in [1.165, 1.54) is 12.1 Å². The summed E-state index contributed by atoms with van der Waals surface area (Å²) in [5.41, 5.74) is 3.20. The molecule has 1 aliphatic heterocycles. The van der Waals surface area contributed by atoms with Gasteiger partial charge in [-0.1, -0.05) is 48.5 Å². The Hall–Kier alpha value is -3.95. The van der Waals surface area contributed by atoms with Crippen LogP contribution in [0.15, 0.2) is 60.7 Å². The van der Waals surface area contributed by atoms with Crippen LogP contribution in [0, 0.1) is 0 Å². The van der Waals surface area contributed by atoms with Gasteiger partial charge in [-0.15, -0.1) is 0 Å². The second-order valence-electron chi connectivity index (χ2n) is 8.91. The number of hydrogen-bond donors (Lipinski definition) is 1. The van der Waals surface area contributed by atoms with Crippen molar-refractivity contribution in [1.29, 1.82) is 0 Å². The minimum Gasteiger partial charge on any atom is -0.487 e. The van der Waals surface area contributed by atoms with Gasteiger partial charge in [0.25, 0.3) is 0 Å². The number of carbonyl (C=O) groups excluding carboxylic acids is 2. The van der Waals surface area contributed by atoms with E-state index < -0.39 is 36.1 Å². The highest BCUT2D eigenvalue weighted by atomic mass is 19.4. The molecule has 2 amide bonds. The first-order chi connectivity index (χ1) is 18.1. The maximum atomic E-state index is 13.2. The Bertz CT molecular complexity index is 1300. The van der Waals surface area contributed by atoms with E-state index in [4.69, 9.17) is 14.2 Å². The molecule has 0 spiro atoms. The molecule has 0 fully saturated rings. The van der Waals surface area contributed by atoms with Crippen molar-refractivity contribution < 1.29 is 37.0 Å². The van der Waals surface area contributed by atoms with Gasteiger partial charge in [-0.25, -0.2) is 20.0 Å². The van der Waals surface area contributed by atoms with Crippen LogP contribution >= 0.6 is 0 Å². The predicted octanol–water partition coefficient (Wildman–Crippen LogP) is 6.65. The third-order valence-corrected chi connectivity index (χ3v) is 6.56. The predicted molar refractivity (Wildman–Crippen MR) is 135 cm³/mol. The Balaban J connectivity index is 1.75. The van der Waals surface area contributed by atoms with E-state index in [2.05, 4.69) is 5.43 Å². The summed E-state index contributed by atoms with van der Waals surface area (Å²) in [6.07, 6.45) is -6.37. The fourth-order valence-corrected chi connectivity index (χ4v) is 4.67. The second kappa shape index (κ2) is 11.2. The van der Waals surface area contributed by atoms with Gasteiger partial charge in [0.15, 0.2) is 0 Å². The largest absolute Gasteiger partial charge is 0.487 e. The topological polar surface area (TPSA) is 77.1 Å². The van der Waals surface area contributed by atoms with Crippen LogP contribution in [-0.2, 0) is 15.7 Å². The number of rotatable bonds is 5. The van der Waals surface area contributed by atoms with Crippen molar-refractivity contribution in [2.45, 2.75) is 51.4 Å². The Morgan fingerprint density at radius 3 is 2.37 bits per heavy atom. The van der Waals surface area contributed by atoms with E-state index in [1.807, 2.05) is 36.4 Å².